The van der Waals surface area contributed by atoms with Crippen molar-refractivity contribution in [3.8, 4) is 0 Å². The highest BCUT2D eigenvalue weighted by atomic mass is 16.6. The van der Waals surface area contributed by atoms with Crippen LogP contribution in [0, 0.1) is 0 Å². The maximum absolute atomic E-state index is 11.1. The maximum Gasteiger partial charge on any atom is 0.330 e. The molecule has 1 aliphatic heterocycles. The van der Waals surface area contributed by atoms with Crippen LogP contribution in [0.4, 0.5) is 0 Å². The lowest BCUT2D eigenvalue weighted by Crippen LogP contribution is -2.39. The van der Waals surface area contributed by atoms with Gasteiger partial charge in [0, 0.05) is 19.1 Å². The second-order valence-corrected chi connectivity index (χ2v) is 3.15. The largest absolute Gasteiger partial charge is 0.457 e. The van der Waals surface area contributed by atoms with Gasteiger partial charge in [0.2, 0.25) is 0 Å². The van der Waals surface area contributed by atoms with E-state index < -0.39 is 0 Å². The Morgan fingerprint density at radius 1 is 1.77 bits per heavy atom. The lowest BCUT2D eigenvalue weighted by atomic mass is 10.1. The van der Waals surface area contributed by atoms with Crippen LogP contribution in [0.2, 0.25) is 0 Å². The zero-order chi connectivity index (χ0) is 9.68. The molecule has 0 bridgehead atoms. The van der Waals surface area contributed by atoms with Gasteiger partial charge >= 0.3 is 5.97 Å². The lowest BCUT2D eigenvalue weighted by molar-refractivity contribution is -0.162. The van der Waals surface area contributed by atoms with Crippen molar-refractivity contribution in [1.29, 1.82) is 0 Å². The molecule has 0 radical (unpaired) electrons. The van der Waals surface area contributed by atoms with Gasteiger partial charge in [-0.1, -0.05) is 13.0 Å². The fourth-order valence-corrected chi connectivity index (χ4v) is 1.14. The molecule has 0 spiro atoms. The highest BCUT2D eigenvalue weighted by molar-refractivity contribution is 5.82. The molecule has 3 nitrogen and oxygen atoms in total. The van der Waals surface area contributed by atoms with Gasteiger partial charge in [-0.05, 0) is 13.3 Å². The second kappa shape index (κ2) is 5.02. The smallest absolute Gasteiger partial charge is 0.330 e. The minimum Gasteiger partial charge on any atom is -0.457 e. The van der Waals surface area contributed by atoms with Gasteiger partial charge in [-0.15, -0.1) is 0 Å². The number of carbonyl (C=O) groups is 1. The van der Waals surface area contributed by atoms with E-state index in [0.29, 0.717) is 0 Å². The molecule has 0 saturated carbocycles. The first-order valence-corrected chi connectivity index (χ1v) is 4.72. The lowest BCUT2D eigenvalue weighted by Gasteiger charge is -2.31. The van der Waals surface area contributed by atoms with E-state index in [1.165, 1.54) is 6.08 Å². The van der Waals surface area contributed by atoms with E-state index in [2.05, 4.69) is 0 Å². The quantitative estimate of drug-likeness (QED) is 0.492. The molecule has 2 atom stereocenters. The monoisotopic (exact) mass is 184 g/mol. The molecule has 0 N–H and O–H groups in total. The molecule has 3 heteroatoms. The van der Waals surface area contributed by atoms with Gasteiger partial charge in [0.1, 0.15) is 6.10 Å². The molecule has 0 aliphatic carbocycles. The minimum absolute atomic E-state index is 0.110. The molecule has 0 aromatic rings. The van der Waals surface area contributed by atoms with E-state index in [1.54, 1.807) is 6.08 Å². The van der Waals surface area contributed by atoms with Crippen LogP contribution in [0.5, 0.6) is 0 Å². The molecule has 1 aliphatic rings. The Balaban J connectivity index is 2.22. The van der Waals surface area contributed by atoms with E-state index in [-0.39, 0.29) is 18.2 Å². The number of allylic oxidation sites excluding steroid dienone is 1. The summed E-state index contributed by atoms with van der Waals surface area (Å²) < 4.78 is 10.3. The summed E-state index contributed by atoms with van der Waals surface area (Å²) in [6.07, 6.45) is 5.09. The first-order valence-electron chi connectivity index (χ1n) is 4.72. The molecule has 74 valence electrons. The number of carbonyl (C=O) groups excluding carboxylic acids is 1. The molecule has 1 fully saturated rings. The summed E-state index contributed by atoms with van der Waals surface area (Å²) >= 11 is 0. The van der Waals surface area contributed by atoms with Crippen LogP contribution in [0.15, 0.2) is 12.2 Å². The highest BCUT2D eigenvalue weighted by Crippen LogP contribution is 2.17. The standard InChI is InChI=1S/C10H16O3/c1-3-4-5-10(11)13-8(2)9-6-7-12-9/h4-5,8-9H,3,6-7H2,1-2H3. The predicted octanol–water partition coefficient (Wildman–Crippen LogP) is 1.67. The van der Waals surface area contributed by atoms with Gasteiger partial charge in [0.05, 0.1) is 6.10 Å². The molecular formula is C10H16O3. The van der Waals surface area contributed by atoms with E-state index in [4.69, 9.17) is 9.47 Å². The third kappa shape index (κ3) is 3.19. The molecule has 13 heavy (non-hydrogen) atoms. The van der Waals surface area contributed by atoms with Crippen LogP contribution in [0.1, 0.15) is 26.7 Å². The SMILES string of the molecule is CCC=CC(=O)OC(C)C1CCO1. The fourth-order valence-electron chi connectivity index (χ4n) is 1.14. The van der Waals surface area contributed by atoms with Crippen molar-refractivity contribution in [2.24, 2.45) is 0 Å². The average molecular weight is 184 g/mol. The molecule has 2 unspecified atom stereocenters. The van der Waals surface area contributed by atoms with Crippen LogP contribution in [0.3, 0.4) is 0 Å². The number of hydrogen-bond donors (Lipinski definition) is 0. The first-order chi connectivity index (χ1) is 6.24. The Morgan fingerprint density at radius 3 is 2.92 bits per heavy atom. The van der Waals surface area contributed by atoms with Crippen molar-refractivity contribution in [2.75, 3.05) is 6.61 Å². The number of ether oxygens (including phenoxy) is 2. The summed E-state index contributed by atoms with van der Waals surface area (Å²) in [7, 11) is 0. The zero-order valence-corrected chi connectivity index (χ0v) is 8.16. The van der Waals surface area contributed by atoms with Crippen LogP contribution in [-0.2, 0) is 14.3 Å². The molecule has 1 saturated heterocycles. The van der Waals surface area contributed by atoms with Crippen molar-refractivity contribution < 1.29 is 14.3 Å². The normalized spacial score (nSPS) is 24.0. The van der Waals surface area contributed by atoms with Gasteiger partial charge < -0.3 is 9.47 Å². The van der Waals surface area contributed by atoms with Crippen molar-refractivity contribution in [3.63, 3.8) is 0 Å². The van der Waals surface area contributed by atoms with Gasteiger partial charge in [0.25, 0.3) is 0 Å². The number of hydrogen-bond acceptors (Lipinski definition) is 3. The molecular weight excluding hydrogens is 168 g/mol. The van der Waals surface area contributed by atoms with E-state index in [9.17, 15) is 4.79 Å². The molecule has 0 amide bonds. The molecule has 1 heterocycles. The summed E-state index contributed by atoms with van der Waals surface area (Å²) in [5, 5.41) is 0. The Bertz CT molecular complexity index is 194. The Labute approximate surface area is 78.7 Å². The fraction of sp³-hybridized carbons (Fsp3) is 0.700. The summed E-state index contributed by atoms with van der Waals surface area (Å²) in [6, 6.07) is 0. The predicted molar refractivity (Wildman–Crippen MR) is 49.3 cm³/mol. The molecule has 0 aromatic heterocycles. The van der Waals surface area contributed by atoms with Gasteiger partial charge in [-0.3, -0.25) is 0 Å². The zero-order valence-electron chi connectivity index (χ0n) is 8.16. The third-order valence-electron chi connectivity index (χ3n) is 2.05. The summed E-state index contributed by atoms with van der Waals surface area (Å²) in [4.78, 5) is 11.1. The topological polar surface area (TPSA) is 35.5 Å². The van der Waals surface area contributed by atoms with Gasteiger partial charge in [-0.25, -0.2) is 4.79 Å². The molecule has 0 aromatic carbocycles. The van der Waals surface area contributed by atoms with Crippen LogP contribution < -0.4 is 0 Å². The first kappa shape index (κ1) is 10.3. The van der Waals surface area contributed by atoms with Gasteiger partial charge in [-0.2, -0.15) is 0 Å². The Kier molecular flexibility index (Phi) is 3.96. The van der Waals surface area contributed by atoms with Crippen LogP contribution >= 0.6 is 0 Å². The van der Waals surface area contributed by atoms with E-state index in [0.717, 1.165) is 19.4 Å². The van der Waals surface area contributed by atoms with Gasteiger partial charge in [0.15, 0.2) is 0 Å². The van der Waals surface area contributed by atoms with Crippen molar-refractivity contribution in [1.82, 2.24) is 0 Å². The maximum atomic E-state index is 11.1. The molecule has 1 rings (SSSR count). The van der Waals surface area contributed by atoms with E-state index in [1.807, 2.05) is 13.8 Å². The Hall–Kier alpha value is -0.830. The van der Waals surface area contributed by atoms with Crippen molar-refractivity contribution >= 4 is 5.97 Å². The van der Waals surface area contributed by atoms with Crippen LogP contribution in [0.25, 0.3) is 0 Å². The Morgan fingerprint density at radius 2 is 2.46 bits per heavy atom. The summed E-state index contributed by atoms with van der Waals surface area (Å²) in [6.45, 7) is 4.63. The summed E-state index contributed by atoms with van der Waals surface area (Å²) in [5.41, 5.74) is 0. The number of esters is 1. The number of rotatable bonds is 4. The van der Waals surface area contributed by atoms with Crippen molar-refractivity contribution in [3.05, 3.63) is 12.2 Å². The van der Waals surface area contributed by atoms with E-state index >= 15 is 0 Å². The van der Waals surface area contributed by atoms with Crippen LogP contribution in [-0.4, -0.2) is 24.8 Å². The highest BCUT2D eigenvalue weighted by Gasteiger charge is 2.27. The average Bonchev–Trinajstić information content (AvgIpc) is 1.97. The minimum atomic E-state index is -0.273. The summed E-state index contributed by atoms with van der Waals surface area (Å²) in [5.74, 6) is -0.273. The van der Waals surface area contributed by atoms with Crippen molar-refractivity contribution in [2.45, 2.75) is 38.9 Å². The second-order valence-electron chi connectivity index (χ2n) is 3.15. The third-order valence-corrected chi connectivity index (χ3v) is 2.05.